The molecule has 0 aliphatic heterocycles. The molecule has 0 heterocycles. The second-order valence-corrected chi connectivity index (χ2v) is 4.55. The summed E-state index contributed by atoms with van der Waals surface area (Å²) in [7, 11) is 1.65. The Bertz CT molecular complexity index is 457. The van der Waals surface area contributed by atoms with Gasteiger partial charge in [-0.1, -0.05) is 25.1 Å². The minimum Gasteiger partial charge on any atom is -0.693 e. The summed E-state index contributed by atoms with van der Waals surface area (Å²) in [6.45, 7) is 6.47. The number of allylic oxidation sites excluding steroid dienone is 1. The normalized spacial score (nSPS) is 13.8. The molecular weight excluding hydrogens is 243 g/mol. The van der Waals surface area contributed by atoms with Crippen molar-refractivity contribution in [1.82, 2.24) is 0 Å². The van der Waals surface area contributed by atoms with E-state index in [9.17, 15) is 0 Å². The first-order chi connectivity index (χ1) is 9.12. The molecule has 0 saturated heterocycles. The second-order valence-electron chi connectivity index (χ2n) is 4.55. The predicted molar refractivity (Wildman–Crippen MR) is 77.3 cm³/mol. The molecule has 2 nitrogen and oxygen atoms in total. The number of ether oxygens (including phenoxy) is 2. The molecule has 0 radical (unpaired) electrons. The van der Waals surface area contributed by atoms with Crippen molar-refractivity contribution in [3.8, 4) is 11.7 Å². The zero-order chi connectivity index (χ0) is 14.3. The van der Waals surface area contributed by atoms with Crippen molar-refractivity contribution < 1.29 is 28.3 Å². The van der Waals surface area contributed by atoms with Crippen molar-refractivity contribution in [2.45, 2.75) is 33.5 Å². The first-order valence-electron chi connectivity index (χ1n) is 6.42. The van der Waals surface area contributed by atoms with Crippen LogP contribution in [0.2, 0.25) is 0 Å². The van der Waals surface area contributed by atoms with Crippen LogP contribution in [0.5, 0.6) is 5.75 Å². The summed E-state index contributed by atoms with van der Waals surface area (Å²) < 4.78 is 11.0. The van der Waals surface area contributed by atoms with Crippen LogP contribution < -0.4 is 23.6 Å². The summed E-state index contributed by atoms with van der Waals surface area (Å²) in [5, 5.41) is 0. The number of hydrogen-bond donors (Lipinski definition) is 0. The molecule has 0 N–H and O–H groups in total. The zero-order valence-corrected chi connectivity index (χ0v) is 13.1. The zero-order valence-electron chi connectivity index (χ0n) is 13.1. The van der Waals surface area contributed by atoms with E-state index >= 15 is 0 Å². The van der Waals surface area contributed by atoms with Gasteiger partial charge in [0.25, 0.3) is 0 Å². The molecule has 0 unspecified atom stereocenters. The van der Waals surface area contributed by atoms with Gasteiger partial charge in [0.15, 0.2) is 0 Å². The summed E-state index contributed by atoms with van der Waals surface area (Å²) in [5.74, 6) is 3.29. The average molecular weight is 264 g/mol. The first kappa shape index (κ1) is 18.9. The van der Waals surface area contributed by atoms with Gasteiger partial charge in [0.1, 0.15) is 5.75 Å². The fourth-order valence-electron chi connectivity index (χ4n) is 1.82. The van der Waals surface area contributed by atoms with E-state index in [4.69, 9.17) is 15.9 Å². The van der Waals surface area contributed by atoms with E-state index in [1.807, 2.05) is 51.1 Å². The monoisotopic (exact) mass is 264 g/mol. The van der Waals surface area contributed by atoms with Crippen LogP contribution in [0, 0.1) is 18.3 Å². The maximum atomic E-state index is 7.27. The van der Waals surface area contributed by atoms with Crippen LogP contribution in [0.25, 0.3) is 0 Å². The van der Waals surface area contributed by atoms with Crippen LogP contribution in [-0.2, 0) is 11.3 Å². The summed E-state index contributed by atoms with van der Waals surface area (Å²) in [6.07, 6.45) is 9.20. The molecule has 0 amide bonds. The number of methoxy groups -OCH3 is 1. The van der Waals surface area contributed by atoms with Crippen molar-refractivity contribution in [2.75, 3.05) is 7.11 Å². The first-order valence-corrected chi connectivity index (χ1v) is 6.42. The van der Waals surface area contributed by atoms with Gasteiger partial charge in [0.05, 0.1) is 19.8 Å². The topological polar surface area (TPSA) is 18.5 Å². The van der Waals surface area contributed by atoms with Crippen molar-refractivity contribution in [3.63, 3.8) is 0 Å². The van der Waals surface area contributed by atoms with Crippen molar-refractivity contribution in [3.05, 3.63) is 47.9 Å². The Morgan fingerprint density at radius 2 is 1.95 bits per heavy atom. The standard InChI is InChI=1S/C17H21O2.Li/c1-6-13(3)17(14(4)7-2)19-12-15-8-10-16(18-5)11-9-15;/h6,8-11,14,17H,12H2,1,3-5H3;/q-1;+1/b13-6+;/t14-,17+;/m0./s1. The molecule has 20 heavy (non-hydrogen) atoms. The van der Waals surface area contributed by atoms with Gasteiger partial charge in [0, 0.05) is 5.92 Å². The summed E-state index contributed by atoms with van der Waals surface area (Å²) in [4.78, 5) is 0. The van der Waals surface area contributed by atoms with E-state index in [2.05, 4.69) is 5.92 Å². The minimum atomic E-state index is -0.0930. The van der Waals surface area contributed by atoms with Gasteiger partial charge in [-0.3, -0.25) is 0 Å². The van der Waals surface area contributed by atoms with Gasteiger partial charge < -0.3 is 21.8 Å². The number of hydrogen-bond acceptors (Lipinski definition) is 2. The number of benzene rings is 1. The summed E-state index contributed by atoms with van der Waals surface area (Å²) in [6, 6.07) is 7.81. The Labute approximate surface area is 134 Å². The molecule has 3 heteroatoms. The van der Waals surface area contributed by atoms with E-state index in [1.165, 1.54) is 0 Å². The van der Waals surface area contributed by atoms with E-state index in [-0.39, 0.29) is 30.9 Å². The largest absolute Gasteiger partial charge is 1.00 e. The average Bonchev–Trinajstić information content (AvgIpc) is 2.47. The maximum absolute atomic E-state index is 7.27. The van der Waals surface area contributed by atoms with Gasteiger partial charge in [-0.2, -0.15) is 0 Å². The molecule has 1 aromatic carbocycles. The molecule has 0 fully saturated rings. The van der Waals surface area contributed by atoms with Crippen molar-refractivity contribution in [1.29, 1.82) is 0 Å². The molecular formula is C17H21LiO2. The molecule has 0 bridgehead atoms. The molecule has 102 valence electrons. The van der Waals surface area contributed by atoms with E-state index in [0.717, 1.165) is 16.9 Å². The van der Waals surface area contributed by atoms with E-state index in [0.29, 0.717) is 6.61 Å². The fraction of sp³-hybridized carbons (Fsp3) is 0.412. The van der Waals surface area contributed by atoms with E-state index < -0.39 is 0 Å². The minimum absolute atomic E-state index is 0. The Morgan fingerprint density at radius 3 is 2.40 bits per heavy atom. The fourth-order valence-corrected chi connectivity index (χ4v) is 1.82. The molecule has 1 aromatic rings. The van der Waals surface area contributed by atoms with Crippen LogP contribution in [0.1, 0.15) is 26.3 Å². The van der Waals surface area contributed by atoms with Crippen molar-refractivity contribution >= 4 is 0 Å². The van der Waals surface area contributed by atoms with Crippen LogP contribution >= 0.6 is 0 Å². The van der Waals surface area contributed by atoms with Gasteiger partial charge in [-0.15, -0.1) is 0 Å². The maximum Gasteiger partial charge on any atom is 1.00 e. The summed E-state index contributed by atoms with van der Waals surface area (Å²) >= 11 is 0. The SMILES string of the molecule is [C-]#C[C@H](C)[C@H](OCc1ccc(OC)cc1)/C(C)=C/C.[Li+]. The third-order valence-electron chi connectivity index (χ3n) is 3.17. The molecule has 0 spiro atoms. The van der Waals surface area contributed by atoms with Crippen LogP contribution in [0.4, 0.5) is 0 Å². The van der Waals surface area contributed by atoms with Crippen LogP contribution in [0.3, 0.4) is 0 Å². The Hall–Kier alpha value is -1.12. The molecule has 0 aliphatic rings. The quantitative estimate of drug-likeness (QED) is 0.327. The predicted octanol–water partition coefficient (Wildman–Crippen LogP) is 0.776. The molecule has 0 aromatic heterocycles. The van der Waals surface area contributed by atoms with Gasteiger partial charge in [-0.05, 0) is 37.1 Å². The van der Waals surface area contributed by atoms with Gasteiger partial charge in [-0.25, -0.2) is 0 Å². The molecule has 0 aliphatic carbocycles. The molecule has 0 saturated carbocycles. The molecule has 2 atom stereocenters. The van der Waals surface area contributed by atoms with Crippen LogP contribution in [-0.4, -0.2) is 13.2 Å². The van der Waals surface area contributed by atoms with Gasteiger partial charge >= 0.3 is 18.9 Å². The van der Waals surface area contributed by atoms with Crippen LogP contribution in [0.15, 0.2) is 35.9 Å². The summed E-state index contributed by atoms with van der Waals surface area (Å²) in [5.41, 5.74) is 2.22. The smallest absolute Gasteiger partial charge is 0.693 e. The third kappa shape index (κ3) is 5.47. The third-order valence-corrected chi connectivity index (χ3v) is 3.17. The number of rotatable bonds is 6. The molecule has 1 rings (SSSR count). The Morgan fingerprint density at radius 1 is 1.35 bits per heavy atom. The van der Waals surface area contributed by atoms with E-state index in [1.54, 1.807) is 7.11 Å². The Balaban J connectivity index is 0.00000361. The second kappa shape index (κ2) is 9.73. The Kier molecular flexibility index (Phi) is 9.18. The van der Waals surface area contributed by atoms with Crippen molar-refractivity contribution in [2.24, 2.45) is 5.92 Å². The van der Waals surface area contributed by atoms with Gasteiger partial charge in [0.2, 0.25) is 0 Å².